The molecule has 0 aliphatic carbocycles. The standard InChI is InChI=1S/C11H11N5S2/c12-11-15-9(7-2-5-18-10(7)16-11)14-3-1-8-13-4-6-17-8/h2,4-6H,1,3H2,(H3,12,14,15,16). The van der Waals surface area contributed by atoms with E-state index in [9.17, 15) is 0 Å². The van der Waals surface area contributed by atoms with Gasteiger partial charge >= 0.3 is 0 Å². The van der Waals surface area contributed by atoms with E-state index < -0.39 is 0 Å². The van der Waals surface area contributed by atoms with E-state index in [0.717, 1.165) is 34.0 Å². The van der Waals surface area contributed by atoms with Crippen LogP contribution in [0, 0.1) is 0 Å². The Labute approximate surface area is 112 Å². The fourth-order valence-electron chi connectivity index (χ4n) is 1.67. The van der Waals surface area contributed by atoms with Crippen LogP contribution in [-0.2, 0) is 6.42 Å². The lowest BCUT2D eigenvalue weighted by Crippen LogP contribution is -2.08. The maximum atomic E-state index is 5.68. The summed E-state index contributed by atoms with van der Waals surface area (Å²) in [5.41, 5.74) is 5.68. The summed E-state index contributed by atoms with van der Waals surface area (Å²) < 4.78 is 0. The zero-order valence-corrected chi connectivity index (χ0v) is 11.1. The van der Waals surface area contributed by atoms with E-state index in [-0.39, 0.29) is 0 Å². The number of rotatable bonds is 4. The third-order valence-electron chi connectivity index (χ3n) is 2.46. The van der Waals surface area contributed by atoms with E-state index in [0.29, 0.717) is 5.95 Å². The first-order chi connectivity index (χ1) is 8.83. The third kappa shape index (κ3) is 2.27. The number of nitrogens with zero attached hydrogens (tertiary/aromatic N) is 3. The Kier molecular flexibility index (Phi) is 3.07. The van der Waals surface area contributed by atoms with Crippen molar-refractivity contribution >= 4 is 44.7 Å². The minimum Gasteiger partial charge on any atom is -0.369 e. The van der Waals surface area contributed by atoms with Crippen LogP contribution in [0.2, 0.25) is 0 Å². The number of thiophene rings is 1. The highest BCUT2D eigenvalue weighted by Gasteiger charge is 2.06. The van der Waals surface area contributed by atoms with Crippen LogP contribution in [0.1, 0.15) is 5.01 Å². The van der Waals surface area contributed by atoms with Gasteiger partial charge in [-0.1, -0.05) is 0 Å². The second kappa shape index (κ2) is 4.87. The second-order valence-electron chi connectivity index (χ2n) is 3.67. The van der Waals surface area contributed by atoms with Gasteiger partial charge in [-0.05, 0) is 11.4 Å². The van der Waals surface area contributed by atoms with Gasteiger partial charge in [0.1, 0.15) is 10.6 Å². The lowest BCUT2D eigenvalue weighted by molar-refractivity contribution is 0.989. The molecule has 5 nitrogen and oxygen atoms in total. The molecule has 3 rings (SSSR count). The Bertz CT molecular complexity index is 647. The molecule has 3 aromatic heterocycles. The van der Waals surface area contributed by atoms with E-state index in [1.807, 2.05) is 23.0 Å². The first-order valence-corrected chi connectivity index (χ1v) is 7.22. The summed E-state index contributed by atoms with van der Waals surface area (Å²) >= 11 is 3.23. The van der Waals surface area contributed by atoms with Gasteiger partial charge in [0.25, 0.3) is 0 Å². The minimum absolute atomic E-state index is 0.307. The molecular weight excluding hydrogens is 266 g/mol. The average Bonchev–Trinajstić information content (AvgIpc) is 2.98. The van der Waals surface area contributed by atoms with Crippen molar-refractivity contribution in [3.05, 3.63) is 28.0 Å². The number of nitrogen functional groups attached to an aromatic ring is 1. The van der Waals surface area contributed by atoms with Crippen molar-refractivity contribution in [1.29, 1.82) is 0 Å². The topological polar surface area (TPSA) is 76.7 Å². The van der Waals surface area contributed by atoms with Crippen molar-refractivity contribution in [2.75, 3.05) is 17.6 Å². The van der Waals surface area contributed by atoms with Crippen molar-refractivity contribution in [1.82, 2.24) is 15.0 Å². The van der Waals surface area contributed by atoms with Crippen molar-refractivity contribution in [3.63, 3.8) is 0 Å². The number of nitrogens with one attached hydrogen (secondary N) is 1. The maximum Gasteiger partial charge on any atom is 0.223 e. The fourth-order valence-corrected chi connectivity index (χ4v) is 3.06. The van der Waals surface area contributed by atoms with E-state index in [2.05, 4.69) is 20.3 Å². The Morgan fingerprint density at radius 2 is 2.17 bits per heavy atom. The van der Waals surface area contributed by atoms with Gasteiger partial charge < -0.3 is 11.1 Å². The zero-order valence-electron chi connectivity index (χ0n) is 9.46. The smallest absolute Gasteiger partial charge is 0.223 e. The first kappa shape index (κ1) is 11.4. The number of nitrogens with two attached hydrogens (primary N) is 1. The highest BCUT2D eigenvalue weighted by Crippen LogP contribution is 2.25. The molecule has 0 aliphatic heterocycles. The van der Waals surface area contributed by atoms with Crippen LogP contribution in [0.25, 0.3) is 10.2 Å². The molecule has 3 heterocycles. The zero-order chi connectivity index (χ0) is 12.4. The molecule has 3 N–H and O–H groups in total. The molecule has 0 amide bonds. The van der Waals surface area contributed by atoms with Crippen molar-refractivity contribution in [3.8, 4) is 0 Å². The summed E-state index contributed by atoms with van der Waals surface area (Å²) in [5, 5.41) is 9.41. The largest absolute Gasteiger partial charge is 0.369 e. The number of fused-ring (bicyclic) bond motifs is 1. The number of aromatic nitrogens is 3. The van der Waals surface area contributed by atoms with Crippen LogP contribution in [-0.4, -0.2) is 21.5 Å². The molecule has 0 spiro atoms. The predicted octanol–water partition coefficient (Wildman–Crippen LogP) is 2.38. The molecule has 92 valence electrons. The van der Waals surface area contributed by atoms with Crippen LogP contribution in [0.15, 0.2) is 23.0 Å². The monoisotopic (exact) mass is 277 g/mol. The molecule has 0 radical (unpaired) electrons. The number of anilines is 2. The summed E-state index contributed by atoms with van der Waals surface area (Å²) in [4.78, 5) is 13.6. The molecule has 0 atom stereocenters. The van der Waals surface area contributed by atoms with Gasteiger partial charge in [0, 0.05) is 24.5 Å². The van der Waals surface area contributed by atoms with Crippen LogP contribution in [0.4, 0.5) is 11.8 Å². The van der Waals surface area contributed by atoms with Crippen molar-refractivity contribution in [2.45, 2.75) is 6.42 Å². The van der Waals surface area contributed by atoms with E-state index in [4.69, 9.17) is 5.73 Å². The highest BCUT2D eigenvalue weighted by molar-refractivity contribution is 7.16. The predicted molar refractivity (Wildman–Crippen MR) is 76.1 cm³/mol. The lowest BCUT2D eigenvalue weighted by Gasteiger charge is -2.06. The molecule has 18 heavy (non-hydrogen) atoms. The quantitative estimate of drug-likeness (QED) is 0.765. The number of hydrogen-bond donors (Lipinski definition) is 2. The molecule has 7 heteroatoms. The van der Waals surface area contributed by atoms with E-state index >= 15 is 0 Å². The van der Waals surface area contributed by atoms with Crippen molar-refractivity contribution in [2.24, 2.45) is 0 Å². The number of thiazole rings is 1. The van der Waals surface area contributed by atoms with Crippen LogP contribution in [0.5, 0.6) is 0 Å². The van der Waals surface area contributed by atoms with Gasteiger partial charge in [-0.15, -0.1) is 22.7 Å². The molecule has 0 fully saturated rings. The third-order valence-corrected chi connectivity index (χ3v) is 4.10. The summed E-state index contributed by atoms with van der Waals surface area (Å²) in [6.07, 6.45) is 2.70. The molecule has 3 aromatic rings. The number of hydrogen-bond acceptors (Lipinski definition) is 7. The van der Waals surface area contributed by atoms with Gasteiger partial charge in [-0.2, -0.15) is 4.98 Å². The van der Waals surface area contributed by atoms with Crippen LogP contribution < -0.4 is 11.1 Å². The molecule has 0 unspecified atom stereocenters. The average molecular weight is 277 g/mol. The maximum absolute atomic E-state index is 5.68. The van der Waals surface area contributed by atoms with Crippen LogP contribution in [0.3, 0.4) is 0 Å². The van der Waals surface area contributed by atoms with Crippen molar-refractivity contribution < 1.29 is 0 Å². The summed E-state index contributed by atoms with van der Waals surface area (Å²) in [5.74, 6) is 1.11. The van der Waals surface area contributed by atoms with Gasteiger partial charge in [0.15, 0.2) is 0 Å². The van der Waals surface area contributed by atoms with Crippen LogP contribution >= 0.6 is 22.7 Å². The highest BCUT2D eigenvalue weighted by atomic mass is 32.1. The molecule has 0 aliphatic rings. The van der Waals surface area contributed by atoms with Gasteiger partial charge in [-0.25, -0.2) is 9.97 Å². The van der Waals surface area contributed by atoms with Gasteiger partial charge in [-0.3, -0.25) is 0 Å². The first-order valence-electron chi connectivity index (χ1n) is 5.46. The van der Waals surface area contributed by atoms with E-state index in [1.54, 1.807) is 22.7 Å². The summed E-state index contributed by atoms with van der Waals surface area (Å²) in [6.45, 7) is 0.787. The molecular formula is C11H11N5S2. The summed E-state index contributed by atoms with van der Waals surface area (Å²) in [6, 6.07) is 2.01. The van der Waals surface area contributed by atoms with Gasteiger partial charge in [0.2, 0.25) is 5.95 Å². The minimum atomic E-state index is 0.307. The molecule has 0 saturated carbocycles. The molecule has 0 saturated heterocycles. The SMILES string of the molecule is Nc1nc(NCCc2nccs2)c2ccsc2n1. The van der Waals surface area contributed by atoms with Gasteiger partial charge in [0.05, 0.1) is 10.4 Å². The second-order valence-corrected chi connectivity index (χ2v) is 5.55. The Balaban J connectivity index is 1.75. The summed E-state index contributed by atoms with van der Waals surface area (Å²) in [7, 11) is 0. The Morgan fingerprint density at radius 1 is 1.22 bits per heavy atom. The Hall–Kier alpha value is -1.73. The molecule has 0 aromatic carbocycles. The Morgan fingerprint density at radius 3 is 3.00 bits per heavy atom. The normalized spacial score (nSPS) is 10.9. The molecule has 0 bridgehead atoms. The van der Waals surface area contributed by atoms with E-state index in [1.165, 1.54) is 0 Å². The fraction of sp³-hybridized carbons (Fsp3) is 0.182. The lowest BCUT2D eigenvalue weighted by atomic mass is 10.3.